The second-order valence-electron chi connectivity index (χ2n) is 6.11. The molecule has 6 heteroatoms. The molecule has 1 aliphatic heterocycles. The summed E-state index contributed by atoms with van der Waals surface area (Å²) in [5.74, 6) is 1.22. The number of nitrogens with one attached hydrogen (secondary N) is 2. The van der Waals surface area contributed by atoms with Crippen molar-refractivity contribution in [1.29, 1.82) is 0 Å². The highest BCUT2D eigenvalue weighted by atomic mass is 16.5. The Morgan fingerprint density at radius 2 is 2.04 bits per heavy atom. The van der Waals surface area contributed by atoms with E-state index in [1.165, 1.54) is 6.42 Å². The van der Waals surface area contributed by atoms with E-state index in [0.717, 1.165) is 30.4 Å². The molecule has 1 atom stereocenters. The van der Waals surface area contributed by atoms with Crippen LogP contribution in [0.1, 0.15) is 30.3 Å². The number of nitrogens with zero attached hydrogens (tertiary/aromatic N) is 1. The fraction of sp³-hybridized carbons (Fsp3) is 0.500. The zero-order valence-electron chi connectivity index (χ0n) is 14.5. The largest absolute Gasteiger partial charge is 0.493 e. The minimum absolute atomic E-state index is 0.0768. The molecule has 1 aliphatic rings. The number of likely N-dealkylation sites (N-methyl/N-ethyl adjacent to an activating group) is 1. The van der Waals surface area contributed by atoms with E-state index >= 15 is 0 Å². The van der Waals surface area contributed by atoms with E-state index in [1.54, 1.807) is 14.2 Å². The average molecular weight is 331 g/mol. The van der Waals surface area contributed by atoms with Crippen LogP contribution in [0, 0.1) is 0 Å². The van der Waals surface area contributed by atoms with Crippen LogP contribution < -0.4 is 14.8 Å². The highest BCUT2D eigenvalue weighted by Gasteiger charge is 2.23. The maximum Gasteiger partial charge on any atom is 0.267 e. The Morgan fingerprint density at radius 3 is 2.75 bits per heavy atom. The fourth-order valence-electron chi connectivity index (χ4n) is 3.43. The van der Waals surface area contributed by atoms with Gasteiger partial charge in [-0.3, -0.25) is 9.69 Å². The lowest BCUT2D eigenvalue weighted by Crippen LogP contribution is -2.40. The van der Waals surface area contributed by atoms with Crippen LogP contribution in [-0.2, 0) is 0 Å². The summed E-state index contributed by atoms with van der Waals surface area (Å²) in [4.78, 5) is 18.0. The average Bonchev–Trinajstić information content (AvgIpc) is 3.23. The van der Waals surface area contributed by atoms with E-state index in [4.69, 9.17) is 9.47 Å². The van der Waals surface area contributed by atoms with Crippen LogP contribution in [0.2, 0.25) is 0 Å². The molecule has 2 aromatic rings. The van der Waals surface area contributed by atoms with Crippen molar-refractivity contribution in [2.24, 2.45) is 0 Å². The Kier molecular flexibility index (Phi) is 4.94. The summed E-state index contributed by atoms with van der Waals surface area (Å²) >= 11 is 0. The van der Waals surface area contributed by atoms with E-state index in [0.29, 0.717) is 29.8 Å². The van der Waals surface area contributed by atoms with Gasteiger partial charge in [0.25, 0.3) is 5.91 Å². The highest BCUT2D eigenvalue weighted by molar-refractivity contribution is 5.98. The number of hydrogen-bond acceptors (Lipinski definition) is 4. The molecular weight excluding hydrogens is 306 g/mol. The van der Waals surface area contributed by atoms with E-state index in [1.807, 2.05) is 18.2 Å². The molecule has 2 N–H and O–H groups in total. The summed E-state index contributed by atoms with van der Waals surface area (Å²) in [6.45, 7) is 5.02. The van der Waals surface area contributed by atoms with Gasteiger partial charge in [-0.1, -0.05) is 6.92 Å². The zero-order chi connectivity index (χ0) is 17.1. The number of aromatic nitrogens is 1. The summed E-state index contributed by atoms with van der Waals surface area (Å²) < 4.78 is 10.6. The molecule has 130 valence electrons. The predicted molar refractivity (Wildman–Crippen MR) is 94.0 cm³/mol. The van der Waals surface area contributed by atoms with Gasteiger partial charge in [-0.2, -0.15) is 0 Å². The number of ether oxygens (including phenoxy) is 2. The number of carbonyl (C=O) groups excluding carboxylic acids is 1. The lowest BCUT2D eigenvalue weighted by Gasteiger charge is -2.22. The minimum atomic E-state index is -0.0768. The smallest absolute Gasteiger partial charge is 0.267 e. The van der Waals surface area contributed by atoms with E-state index < -0.39 is 0 Å². The zero-order valence-corrected chi connectivity index (χ0v) is 14.5. The lowest BCUT2D eigenvalue weighted by molar-refractivity contribution is 0.0937. The van der Waals surface area contributed by atoms with Crippen LogP contribution in [0.15, 0.2) is 18.2 Å². The SMILES string of the molecule is CCN1CCC[C@@H]1CNC(=O)c1cc2cc(OC)c(OC)cc2[nH]1. The molecule has 0 saturated carbocycles. The number of H-pyrrole nitrogens is 1. The summed E-state index contributed by atoms with van der Waals surface area (Å²) in [5, 5.41) is 3.97. The Hall–Kier alpha value is -2.21. The second-order valence-corrected chi connectivity index (χ2v) is 6.11. The maximum atomic E-state index is 12.5. The molecule has 0 aliphatic carbocycles. The van der Waals surface area contributed by atoms with Crippen LogP contribution >= 0.6 is 0 Å². The summed E-state index contributed by atoms with van der Waals surface area (Å²) in [6, 6.07) is 6.01. The number of benzene rings is 1. The summed E-state index contributed by atoms with van der Waals surface area (Å²) in [5.41, 5.74) is 1.41. The predicted octanol–water partition coefficient (Wildman–Crippen LogP) is 2.40. The number of hydrogen-bond donors (Lipinski definition) is 2. The molecule has 0 bridgehead atoms. The third kappa shape index (κ3) is 3.19. The Bertz CT molecular complexity index is 685. The molecule has 1 saturated heterocycles. The molecule has 1 aromatic carbocycles. The standard InChI is InChI=1S/C18H25N3O3/c1-4-21-7-5-6-13(21)11-19-18(22)15-8-12-9-16(23-2)17(24-3)10-14(12)20-15/h8-10,13,20H,4-7,11H2,1-3H3,(H,19,22)/t13-/m1/s1. The lowest BCUT2D eigenvalue weighted by atomic mass is 10.2. The van der Waals surface area contributed by atoms with Crippen LogP contribution in [0.25, 0.3) is 10.9 Å². The van der Waals surface area contributed by atoms with Crippen molar-refractivity contribution < 1.29 is 14.3 Å². The Balaban J connectivity index is 1.73. The summed E-state index contributed by atoms with van der Waals surface area (Å²) in [6.07, 6.45) is 2.36. The van der Waals surface area contributed by atoms with Crippen LogP contribution in [0.3, 0.4) is 0 Å². The second kappa shape index (κ2) is 7.13. The van der Waals surface area contributed by atoms with Gasteiger partial charge in [-0.25, -0.2) is 0 Å². The molecule has 1 aromatic heterocycles. The number of rotatable bonds is 6. The van der Waals surface area contributed by atoms with Crippen molar-refractivity contribution >= 4 is 16.8 Å². The van der Waals surface area contributed by atoms with Gasteiger partial charge in [-0.15, -0.1) is 0 Å². The molecular formula is C18H25N3O3. The van der Waals surface area contributed by atoms with Crippen molar-refractivity contribution in [3.8, 4) is 11.5 Å². The molecule has 0 spiro atoms. The topological polar surface area (TPSA) is 66.6 Å². The van der Waals surface area contributed by atoms with Crippen molar-refractivity contribution in [2.45, 2.75) is 25.8 Å². The van der Waals surface area contributed by atoms with Crippen molar-refractivity contribution in [3.05, 3.63) is 23.9 Å². The molecule has 1 amide bonds. The number of likely N-dealkylation sites (tertiary alicyclic amines) is 1. The highest BCUT2D eigenvalue weighted by Crippen LogP contribution is 2.32. The molecule has 2 heterocycles. The first kappa shape index (κ1) is 16.6. The first-order valence-electron chi connectivity index (χ1n) is 8.43. The van der Waals surface area contributed by atoms with Gasteiger partial charge in [0.2, 0.25) is 0 Å². The first-order valence-corrected chi connectivity index (χ1v) is 8.43. The van der Waals surface area contributed by atoms with E-state index in [2.05, 4.69) is 22.1 Å². The molecule has 6 nitrogen and oxygen atoms in total. The van der Waals surface area contributed by atoms with E-state index in [9.17, 15) is 4.79 Å². The maximum absolute atomic E-state index is 12.5. The van der Waals surface area contributed by atoms with Crippen LogP contribution in [-0.4, -0.2) is 55.7 Å². The molecule has 1 fully saturated rings. The monoisotopic (exact) mass is 331 g/mol. The molecule has 3 rings (SSSR count). The van der Waals surface area contributed by atoms with Gasteiger partial charge in [0.1, 0.15) is 5.69 Å². The summed E-state index contributed by atoms with van der Waals surface area (Å²) in [7, 11) is 3.20. The van der Waals surface area contributed by atoms with Gasteiger partial charge in [-0.05, 0) is 38.1 Å². The Labute approximate surface area is 142 Å². The van der Waals surface area contributed by atoms with Crippen LogP contribution in [0.5, 0.6) is 11.5 Å². The molecule has 24 heavy (non-hydrogen) atoms. The first-order chi connectivity index (χ1) is 11.7. The number of amides is 1. The van der Waals surface area contributed by atoms with Gasteiger partial charge in [0.15, 0.2) is 11.5 Å². The van der Waals surface area contributed by atoms with Crippen LogP contribution in [0.4, 0.5) is 0 Å². The van der Waals surface area contributed by atoms with Gasteiger partial charge >= 0.3 is 0 Å². The normalized spacial score (nSPS) is 18.0. The number of aromatic amines is 1. The van der Waals surface area contributed by atoms with Crippen molar-refractivity contribution in [3.63, 3.8) is 0 Å². The number of carbonyl (C=O) groups is 1. The third-order valence-electron chi connectivity index (χ3n) is 4.77. The molecule has 0 unspecified atom stereocenters. The number of fused-ring (bicyclic) bond motifs is 1. The van der Waals surface area contributed by atoms with Crippen molar-refractivity contribution in [1.82, 2.24) is 15.2 Å². The minimum Gasteiger partial charge on any atom is -0.493 e. The van der Waals surface area contributed by atoms with Gasteiger partial charge < -0.3 is 19.8 Å². The van der Waals surface area contributed by atoms with Crippen molar-refractivity contribution in [2.75, 3.05) is 33.9 Å². The number of methoxy groups -OCH3 is 2. The quantitative estimate of drug-likeness (QED) is 0.853. The molecule has 0 radical (unpaired) electrons. The Morgan fingerprint density at radius 1 is 1.29 bits per heavy atom. The van der Waals surface area contributed by atoms with E-state index in [-0.39, 0.29) is 5.91 Å². The third-order valence-corrected chi connectivity index (χ3v) is 4.77. The van der Waals surface area contributed by atoms with Gasteiger partial charge in [0.05, 0.1) is 14.2 Å². The van der Waals surface area contributed by atoms with Gasteiger partial charge in [0, 0.05) is 29.6 Å². The fourth-order valence-corrected chi connectivity index (χ4v) is 3.43.